The third-order valence-corrected chi connectivity index (χ3v) is 6.89. The molecule has 6 nitrogen and oxygen atoms in total. The van der Waals surface area contributed by atoms with Gasteiger partial charge in [0.1, 0.15) is 11.1 Å². The van der Waals surface area contributed by atoms with Gasteiger partial charge < -0.3 is 15.3 Å². The van der Waals surface area contributed by atoms with E-state index in [-0.39, 0.29) is 24.8 Å². The number of aliphatic hydroxyl groups is 1. The Bertz CT molecular complexity index is 1000. The van der Waals surface area contributed by atoms with Gasteiger partial charge in [-0.1, -0.05) is 24.3 Å². The zero-order chi connectivity index (χ0) is 20.4. The van der Waals surface area contributed by atoms with Crippen molar-refractivity contribution in [3.8, 4) is 10.4 Å². The number of nitrogens with one attached hydrogen (secondary N) is 1. The molecule has 3 heterocycles. The van der Waals surface area contributed by atoms with E-state index in [1.807, 2.05) is 29.6 Å². The van der Waals surface area contributed by atoms with Crippen LogP contribution in [0.1, 0.15) is 22.3 Å². The van der Waals surface area contributed by atoms with E-state index in [9.17, 15) is 14.7 Å². The van der Waals surface area contributed by atoms with Crippen LogP contribution < -0.4 is 5.32 Å². The largest absolute Gasteiger partial charge is 0.391 e. The predicted molar refractivity (Wildman–Crippen MR) is 116 cm³/mol. The number of amides is 2. The number of hydrogen-bond acceptors (Lipinski definition) is 7. The van der Waals surface area contributed by atoms with E-state index in [4.69, 9.17) is 0 Å². The molecule has 2 atom stereocenters. The molecule has 2 amide bonds. The second-order valence-corrected chi connectivity index (χ2v) is 8.85. The molecular formula is C20H19N3O3S3. The summed E-state index contributed by atoms with van der Waals surface area (Å²) in [5.74, 6) is -0.478. The van der Waals surface area contributed by atoms with Gasteiger partial charge in [-0.05, 0) is 22.6 Å². The normalized spacial score (nSPS) is 18.8. The zero-order valence-electron chi connectivity index (χ0n) is 15.3. The summed E-state index contributed by atoms with van der Waals surface area (Å²) in [6.07, 6.45) is -0.445. The second-order valence-electron chi connectivity index (χ2n) is 6.79. The Labute approximate surface area is 181 Å². The maximum atomic E-state index is 12.7. The molecule has 0 aliphatic carbocycles. The Kier molecular flexibility index (Phi) is 6.00. The molecule has 1 aliphatic heterocycles. The first-order valence-corrected chi connectivity index (χ1v) is 11.3. The number of carbonyl (C=O) groups excluding carboxylic acids is 2. The Morgan fingerprint density at radius 2 is 2.07 bits per heavy atom. The number of aliphatic hydroxyl groups excluding tert-OH is 1. The molecule has 0 radical (unpaired) electrons. The number of carbonyl (C=O) groups is 2. The lowest BCUT2D eigenvalue weighted by Gasteiger charge is -2.23. The molecule has 150 valence electrons. The molecule has 1 aromatic carbocycles. The lowest BCUT2D eigenvalue weighted by molar-refractivity contribution is -0.125. The van der Waals surface area contributed by atoms with Gasteiger partial charge in [0.2, 0.25) is 5.91 Å². The molecule has 0 unspecified atom stereocenters. The molecule has 0 saturated carbocycles. The van der Waals surface area contributed by atoms with Gasteiger partial charge >= 0.3 is 0 Å². The molecule has 3 aromatic rings. The fourth-order valence-electron chi connectivity index (χ4n) is 3.36. The highest BCUT2D eigenvalue weighted by Crippen LogP contribution is 2.30. The van der Waals surface area contributed by atoms with E-state index in [1.54, 1.807) is 17.0 Å². The Balaban J connectivity index is 1.39. The average Bonchev–Trinajstić information content (AvgIpc) is 3.47. The summed E-state index contributed by atoms with van der Waals surface area (Å²) in [6, 6.07) is 8.90. The molecule has 9 heteroatoms. The van der Waals surface area contributed by atoms with Crippen molar-refractivity contribution in [3.05, 3.63) is 57.7 Å². The van der Waals surface area contributed by atoms with Crippen LogP contribution in [0.25, 0.3) is 10.4 Å². The quantitative estimate of drug-likeness (QED) is 0.527. The minimum atomic E-state index is -0.692. The highest BCUT2D eigenvalue weighted by atomic mass is 32.1. The third-order valence-electron chi connectivity index (χ3n) is 4.84. The van der Waals surface area contributed by atoms with Gasteiger partial charge in [-0.15, -0.1) is 24.0 Å². The number of benzene rings is 1. The first-order valence-electron chi connectivity index (χ1n) is 9.03. The summed E-state index contributed by atoms with van der Waals surface area (Å²) in [5.41, 5.74) is 4.27. The van der Waals surface area contributed by atoms with Crippen LogP contribution in [-0.4, -0.2) is 45.5 Å². The van der Waals surface area contributed by atoms with Gasteiger partial charge in [0.25, 0.3) is 5.91 Å². The van der Waals surface area contributed by atoms with Crippen LogP contribution in [0.4, 0.5) is 0 Å². The number of thiol groups is 1. The summed E-state index contributed by atoms with van der Waals surface area (Å²) in [5, 5.41) is 17.2. The summed E-state index contributed by atoms with van der Waals surface area (Å²) in [4.78, 5) is 32.0. The van der Waals surface area contributed by atoms with Gasteiger partial charge in [-0.2, -0.15) is 11.3 Å². The minimum absolute atomic E-state index is 0.169. The number of β-amino-alcohol motifs (C(OH)–C–C–N with tert-alkyl or cyclic N) is 1. The Morgan fingerprint density at radius 1 is 1.28 bits per heavy atom. The molecule has 1 fully saturated rings. The highest BCUT2D eigenvalue weighted by Gasteiger charge is 2.39. The van der Waals surface area contributed by atoms with Crippen LogP contribution in [0.2, 0.25) is 0 Å². The van der Waals surface area contributed by atoms with Crippen molar-refractivity contribution in [1.29, 1.82) is 0 Å². The SMILES string of the molecule is O=C(NCc1ccc(-c2scnc2S)cc1)[C@@H]1C[C@@H](O)CN1C(=O)c1ccsc1. The van der Waals surface area contributed by atoms with E-state index in [0.717, 1.165) is 16.0 Å². The van der Waals surface area contributed by atoms with Gasteiger partial charge in [0, 0.05) is 24.9 Å². The molecule has 2 aromatic heterocycles. The van der Waals surface area contributed by atoms with Gasteiger partial charge in [0.05, 0.1) is 22.1 Å². The molecule has 1 saturated heterocycles. The third kappa shape index (κ3) is 4.37. The Hall–Kier alpha value is -2.20. The average molecular weight is 446 g/mol. The molecule has 0 spiro atoms. The number of thiazole rings is 1. The number of thiophene rings is 1. The molecule has 2 N–H and O–H groups in total. The zero-order valence-corrected chi connectivity index (χ0v) is 17.8. The van der Waals surface area contributed by atoms with E-state index in [2.05, 4.69) is 22.9 Å². The van der Waals surface area contributed by atoms with Crippen molar-refractivity contribution in [2.24, 2.45) is 0 Å². The van der Waals surface area contributed by atoms with Crippen LogP contribution >= 0.6 is 35.3 Å². The van der Waals surface area contributed by atoms with Crippen molar-refractivity contribution in [2.45, 2.75) is 30.1 Å². The van der Waals surface area contributed by atoms with Crippen LogP contribution in [0.15, 0.2) is 51.6 Å². The second kappa shape index (κ2) is 8.66. The fourth-order valence-corrected chi connectivity index (χ4v) is 5.10. The molecule has 29 heavy (non-hydrogen) atoms. The van der Waals surface area contributed by atoms with Gasteiger partial charge in [-0.25, -0.2) is 4.98 Å². The van der Waals surface area contributed by atoms with Crippen LogP contribution in [-0.2, 0) is 11.3 Å². The number of rotatable bonds is 5. The number of nitrogens with zero attached hydrogens (tertiary/aromatic N) is 2. The summed E-state index contributed by atoms with van der Waals surface area (Å²) in [7, 11) is 0. The minimum Gasteiger partial charge on any atom is -0.391 e. The van der Waals surface area contributed by atoms with Crippen LogP contribution in [0.5, 0.6) is 0 Å². The predicted octanol–water partition coefficient (Wildman–Crippen LogP) is 3.05. The van der Waals surface area contributed by atoms with Gasteiger partial charge in [-0.3, -0.25) is 9.59 Å². The first-order chi connectivity index (χ1) is 14.0. The van der Waals surface area contributed by atoms with Crippen LogP contribution in [0.3, 0.4) is 0 Å². The topological polar surface area (TPSA) is 82.5 Å². The summed E-state index contributed by atoms with van der Waals surface area (Å²) >= 11 is 7.30. The van der Waals surface area contributed by atoms with E-state index in [1.165, 1.54) is 27.6 Å². The van der Waals surface area contributed by atoms with E-state index >= 15 is 0 Å². The van der Waals surface area contributed by atoms with E-state index in [0.29, 0.717) is 17.1 Å². The fraction of sp³-hybridized carbons (Fsp3) is 0.250. The maximum Gasteiger partial charge on any atom is 0.255 e. The lowest BCUT2D eigenvalue weighted by Crippen LogP contribution is -2.45. The Morgan fingerprint density at radius 3 is 2.72 bits per heavy atom. The van der Waals surface area contributed by atoms with Crippen molar-refractivity contribution in [1.82, 2.24) is 15.2 Å². The first kappa shape index (κ1) is 20.1. The van der Waals surface area contributed by atoms with Crippen LogP contribution in [0, 0.1) is 0 Å². The van der Waals surface area contributed by atoms with Crippen molar-refractivity contribution in [3.63, 3.8) is 0 Å². The van der Waals surface area contributed by atoms with Crippen molar-refractivity contribution in [2.75, 3.05) is 6.54 Å². The summed E-state index contributed by atoms with van der Waals surface area (Å²) in [6.45, 7) is 0.519. The maximum absolute atomic E-state index is 12.7. The number of aromatic nitrogens is 1. The molecular weight excluding hydrogens is 426 g/mol. The molecule has 0 bridgehead atoms. The van der Waals surface area contributed by atoms with Crippen molar-refractivity contribution >= 4 is 47.1 Å². The number of likely N-dealkylation sites (tertiary alicyclic amines) is 1. The number of hydrogen-bond donors (Lipinski definition) is 3. The standard InChI is InChI=1S/C20H19N3O3S3/c24-15-7-16(23(9-15)20(26)14-5-6-28-10-14)18(25)21-8-12-1-3-13(4-2-12)17-19(27)22-11-29-17/h1-6,10-11,15-16,24,27H,7-9H2,(H,21,25)/t15-,16+/m1/s1. The van der Waals surface area contributed by atoms with Gasteiger partial charge in [0.15, 0.2) is 0 Å². The lowest BCUT2D eigenvalue weighted by atomic mass is 10.1. The molecule has 4 rings (SSSR count). The monoisotopic (exact) mass is 445 g/mol. The smallest absolute Gasteiger partial charge is 0.255 e. The van der Waals surface area contributed by atoms with E-state index < -0.39 is 12.1 Å². The summed E-state index contributed by atoms with van der Waals surface area (Å²) < 4.78 is 0. The van der Waals surface area contributed by atoms with Crippen molar-refractivity contribution < 1.29 is 14.7 Å². The molecule has 1 aliphatic rings. The highest BCUT2D eigenvalue weighted by molar-refractivity contribution is 7.80.